The fraction of sp³-hybridized carbons (Fsp3) is 0.923. The van der Waals surface area contributed by atoms with E-state index >= 15 is 0 Å². The number of amides is 2. The summed E-state index contributed by atoms with van der Waals surface area (Å²) in [7, 11) is 0. The summed E-state index contributed by atoms with van der Waals surface area (Å²) in [6.45, 7) is 4.48. The summed E-state index contributed by atoms with van der Waals surface area (Å²) in [5.41, 5.74) is 0. The van der Waals surface area contributed by atoms with Crippen molar-refractivity contribution in [2.24, 2.45) is 5.92 Å². The van der Waals surface area contributed by atoms with E-state index < -0.39 is 0 Å². The summed E-state index contributed by atoms with van der Waals surface area (Å²) in [6, 6.07) is 0.243. The summed E-state index contributed by atoms with van der Waals surface area (Å²) in [6.07, 6.45) is 6.20. The quantitative estimate of drug-likeness (QED) is 0.690. The molecule has 0 radical (unpaired) electrons. The SMILES string of the molecule is CCC1CCCC(NC(=O)NCCC(C)O)C1. The van der Waals surface area contributed by atoms with E-state index in [-0.39, 0.29) is 12.1 Å². The van der Waals surface area contributed by atoms with Gasteiger partial charge in [-0.05, 0) is 32.1 Å². The molecular formula is C13H26N2O2. The maximum Gasteiger partial charge on any atom is 0.315 e. The van der Waals surface area contributed by atoms with E-state index in [1.165, 1.54) is 19.3 Å². The van der Waals surface area contributed by atoms with Crippen LogP contribution >= 0.6 is 0 Å². The standard InChI is InChI=1S/C13H26N2O2/c1-3-11-5-4-6-12(9-11)15-13(17)14-8-7-10(2)16/h10-12,16H,3-9H2,1-2H3,(H2,14,15,17). The van der Waals surface area contributed by atoms with Gasteiger partial charge in [-0.2, -0.15) is 0 Å². The second-order valence-corrected chi connectivity index (χ2v) is 5.18. The van der Waals surface area contributed by atoms with E-state index in [1.807, 2.05) is 0 Å². The van der Waals surface area contributed by atoms with E-state index in [0.717, 1.165) is 18.8 Å². The molecule has 1 aliphatic carbocycles. The van der Waals surface area contributed by atoms with Gasteiger partial charge in [0.05, 0.1) is 6.10 Å². The Bertz CT molecular complexity index is 231. The zero-order valence-electron chi connectivity index (χ0n) is 11.0. The van der Waals surface area contributed by atoms with E-state index in [0.29, 0.717) is 19.0 Å². The maximum absolute atomic E-state index is 11.6. The summed E-state index contributed by atoms with van der Waals surface area (Å²) < 4.78 is 0. The van der Waals surface area contributed by atoms with Gasteiger partial charge in [-0.1, -0.05) is 26.2 Å². The Kier molecular flexibility index (Phi) is 6.34. The normalized spacial score (nSPS) is 26.3. The van der Waals surface area contributed by atoms with Gasteiger partial charge in [0, 0.05) is 12.6 Å². The summed E-state index contributed by atoms with van der Waals surface area (Å²) in [4.78, 5) is 11.6. The average molecular weight is 242 g/mol. The Balaban J connectivity index is 2.17. The molecule has 3 unspecified atom stereocenters. The summed E-state index contributed by atoms with van der Waals surface area (Å²) >= 11 is 0. The number of urea groups is 1. The molecule has 3 N–H and O–H groups in total. The van der Waals surface area contributed by atoms with Crippen LogP contribution in [0.3, 0.4) is 0 Å². The molecule has 2 amide bonds. The predicted molar refractivity (Wildman–Crippen MR) is 68.9 cm³/mol. The van der Waals surface area contributed by atoms with Crippen molar-refractivity contribution in [3.05, 3.63) is 0 Å². The van der Waals surface area contributed by atoms with Gasteiger partial charge in [-0.15, -0.1) is 0 Å². The molecule has 1 aliphatic rings. The van der Waals surface area contributed by atoms with Crippen LogP contribution in [0.5, 0.6) is 0 Å². The topological polar surface area (TPSA) is 61.4 Å². The van der Waals surface area contributed by atoms with Crippen LogP contribution in [0.2, 0.25) is 0 Å². The zero-order valence-corrected chi connectivity index (χ0v) is 11.0. The lowest BCUT2D eigenvalue weighted by molar-refractivity contribution is 0.182. The summed E-state index contributed by atoms with van der Waals surface area (Å²) in [5.74, 6) is 0.770. The highest BCUT2D eigenvalue weighted by molar-refractivity contribution is 5.74. The number of hydrogen-bond donors (Lipinski definition) is 3. The van der Waals surface area contributed by atoms with E-state index in [9.17, 15) is 4.79 Å². The van der Waals surface area contributed by atoms with Crippen LogP contribution in [0.1, 0.15) is 52.4 Å². The third-order valence-corrected chi connectivity index (χ3v) is 3.54. The van der Waals surface area contributed by atoms with Crippen molar-refractivity contribution in [2.45, 2.75) is 64.5 Å². The summed E-state index contributed by atoms with van der Waals surface area (Å²) in [5, 5.41) is 14.9. The first-order valence-electron chi connectivity index (χ1n) is 6.84. The Hall–Kier alpha value is -0.770. The fourth-order valence-corrected chi connectivity index (χ4v) is 2.42. The number of carbonyl (C=O) groups is 1. The third-order valence-electron chi connectivity index (χ3n) is 3.54. The number of aliphatic hydroxyl groups is 1. The van der Waals surface area contributed by atoms with Crippen molar-refractivity contribution in [3.8, 4) is 0 Å². The molecule has 0 aromatic rings. The molecule has 1 fully saturated rings. The Morgan fingerprint density at radius 1 is 1.47 bits per heavy atom. The molecule has 0 aromatic carbocycles. The molecule has 1 saturated carbocycles. The third kappa shape index (κ3) is 5.91. The van der Waals surface area contributed by atoms with Crippen molar-refractivity contribution in [1.82, 2.24) is 10.6 Å². The van der Waals surface area contributed by atoms with Gasteiger partial charge in [0.2, 0.25) is 0 Å². The molecule has 0 saturated heterocycles. The van der Waals surface area contributed by atoms with Gasteiger partial charge in [-0.25, -0.2) is 4.79 Å². The molecule has 17 heavy (non-hydrogen) atoms. The second-order valence-electron chi connectivity index (χ2n) is 5.18. The van der Waals surface area contributed by atoms with E-state index in [2.05, 4.69) is 17.6 Å². The van der Waals surface area contributed by atoms with Crippen molar-refractivity contribution >= 4 is 6.03 Å². The van der Waals surface area contributed by atoms with Gasteiger partial charge in [0.15, 0.2) is 0 Å². The van der Waals surface area contributed by atoms with E-state index in [4.69, 9.17) is 5.11 Å². The Labute approximate surface area is 104 Å². The molecule has 0 spiro atoms. The molecule has 100 valence electrons. The minimum Gasteiger partial charge on any atom is -0.393 e. The van der Waals surface area contributed by atoms with Crippen LogP contribution in [-0.4, -0.2) is 29.8 Å². The van der Waals surface area contributed by atoms with E-state index in [1.54, 1.807) is 6.92 Å². The van der Waals surface area contributed by atoms with Gasteiger partial charge in [-0.3, -0.25) is 0 Å². The van der Waals surface area contributed by atoms with Crippen LogP contribution in [0, 0.1) is 5.92 Å². The number of aliphatic hydroxyl groups excluding tert-OH is 1. The zero-order chi connectivity index (χ0) is 12.7. The average Bonchev–Trinajstić information content (AvgIpc) is 2.28. The minimum absolute atomic E-state index is 0.0904. The number of nitrogens with one attached hydrogen (secondary N) is 2. The first-order chi connectivity index (χ1) is 8.11. The first-order valence-corrected chi connectivity index (χ1v) is 6.84. The molecule has 1 rings (SSSR count). The van der Waals surface area contributed by atoms with Crippen molar-refractivity contribution in [3.63, 3.8) is 0 Å². The maximum atomic E-state index is 11.6. The fourth-order valence-electron chi connectivity index (χ4n) is 2.42. The van der Waals surface area contributed by atoms with Crippen LogP contribution < -0.4 is 10.6 Å². The van der Waals surface area contributed by atoms with Crippen LogP contribution in [-0.2, 0) is 0 Å². The number of rotatable bonds is 5. The molecule has 4 heteroatoms. The van der Waals surface area contributed by atoms with Gasteiger partial charge in [0.1, 0.15) is 0 Å². The number of hydrogen-bond acceptors (Lipinski definition) is 2. The van der Waals surface area contributed by atoms with Crippen molar-refractivity contribution < 1.29 is 9.90 Å². The Morgan fingerprint density at radius 3 is 2.88 bits per heavy atom. The minimum atomic E-state index is -0.352. The lowest BCUT2D eigenvalue weighted by Gasteiger charge is -2.29. The second kappa shape index (κ2) is 7.54. The van der Waals surface area contributed by atoms with Crippen LogP contribution in [0.15, 0.2) is 0 Å². The highest BCUT2D eigenvalue weighted by Gasteiger charge is 2.21. The molecule has 0 aliphatic heterocycles. The lowest BCUT2D eigenvalue weighted by Crippen LogP contribution is -2.44. The molecule has 3 atom stereocenters. The van der Waals surface area contributed by atoms with Gasteiger partial charge in [0.25, 0.3) is 0 Å². The van der Waals surface area contributed by atoms with Crippen LogP contribution in [0.25, 0.3) is 0 Å². The highest BCUT2D eigenvalue weighted by Crippen LogP contribution is 2.26. The Morgan fingerprint density at radius 2 is 2.24 bits per heavy atom. The van der Waals surface area contributed by atoms with Gasteiger partial charge < -0.3 is 15.7 Å². The van der Waals surface area contributed by atoms with Crippen LogP contribution in [0.4, 0.5) is 4.79 Å². The molecular weight excluding hydrogens is 216 g/mol. The first kappa shape index (κ1) is 14.3. The molecule has 0 bridgehead atoms. The van der Waals surface area contributed by atoms with Gasteiger partial charge >= 0.3 is 6.03 Å². The predicted octanol–water partition coefficient (Wildman–Crippen LogP) is 2.03. The smallest absolute Gasteiger partial charge is 0.315 e. The molecule has 4 nitrogen and oxygen atoms in total. The van der Waals surface area contributed by atoms with Crippen molar-refractivity contribution in [2.75, 3.05) is 6.54 Å². The monoisotopic (exact) mass is 242 g/mol. The molecule has 0 aromatic heterocycles. The number of carbonyl (C=O) groups excluding carboxylic acids is 1. The van der Waals surface area contributed by atoms with Crippen molar-refractivity contribution in [1.29, 1.82) is 0 Å². The largest absolute Gasteiger partial charge is 0.393 e. The highest BCUT2D eigenvalue weighted by atomic mass is 16.3. The molecule has 0 heterocycles. The lowest BCUT2D eigenvalue weighted by atomic mass is 9.84.